The number of benzene rings is 2. The topological polar surface area (TPSA) is 58.6 Å². The predicted octanol–water partition coefficient (Wildman–Crippen LogP) is 4.23. The summed E-state index contributed by atoms with van der Waals surface area (Å²) in [6.07, 6.45) is 1.79. The lowest BCUT2D eigenvalue weighted by Gasteiger charge is -2.23. The number of rotatable bonds is 5. The second-order valence-corrected chi connectivity index (χ2v) is 7.07. The molecular formula is C22H25FN2O3. The second kappa shape index (κ2) is 8.87. The Morgan fingerprint density at radius 1 is 1.07 bits per heavy atom. The minimum atomic E-state index is -0.434. The van der Waals surface area contributed by atoms with Crippen molar-refractivity contribution < 1.29 is 18.7 Å². The fourth-order valence-corrected chi connectivity index (χ4v) is 3.55. The van der Waals surface area contributed by atoms with Gasteiger partial charge < -0.3 is 15.0 Å². The van der Waals surface area contributed by atoms with Crippen LogP contribution < -0.4 is 10.1 Å². The summed E-state index contributed by atoms with van der Waals surface area (Å²) in [5, 5.41) is 2.84. The Morgan fingerprint density at radius 2 is 1.68 bits per heavy atom. The molecule has 5 nitrogen and oxygen atoms in total. The lowest BCUT2D eigenvalue weighted by atomic mass is 10.1. The average Bonchev–Trinajstić information content (AvgIpc) is 3.19. The zero-order valence-electron chi connectivity index (χ0n) is 16.2. The minimum absolute atomic E-state index is 0.00130. The van der Waals surface area contributed by atoms with E-state index in [9.17, 15) is 14.0 Å². The lowest BCUT2D eigenvalue weighted by molar-refractivity contribution is -0.124. The summed E-state index contributed by atoms with van der Waals surface area (Å²) >= 11 is 0. The molecule has 2 amide bonds. The van der Waals surface area contributed by atoms with Crippen molar-refractivity contribution in [3.63, 3.8) is 0 Å². The van der Waals surface area contributed by atoms with E-state index in [1.54, 1.807) is 36.2 Å². The van der Waals surface area contributed by atoms with Crippen molar-refractivity contribution in [2.75, 3.05) is 13.6 Å². The third kappa shape index (κ3) is 4.68. The molecule has 0 unspecified atom stereocenters. The van der Waals surface area contributed by atoms with Crippen LogP contribution in [0.4, 0.5) is 9.18 Å². The van der Waals surface area contributed by atoms with Crippen molar-refractivity contribution in [2.45, 2.75) is 32.2 Å². The number of carbonyl (C=O) groups excluding carboxylic acids is 2. The molecule has 0 radical (unpaired) electrons. The molecule has 0 bridgehead atoms. The number of hydrogen-bond acceptors (Lipinski definition) is 3. The van der Waals surface area contributed by atoms with Gasteiger partial charge in [0.2, 0.25) is 5.91 Å². The van der Waals surface area contributed by atoms with Gasteiger partial charge in [-0.1, -0.05) is 24.3 Å². The minimum Gasteiger partial charge on any atom is -0.410 e. The summed E-state index contributed by atoms with van der Waals surface area (Å²) in [5.41, 5.74) is 1.80. The maximum Gasteiger partial charge on any atom is 0.415 e. The molecule has 0 aromatic heterocycles. The Morgan fingerprint density at radius 3 is 2.29 bits per heavy atom. The van der Waals surface area contributed by atoms with Crippen molar-refractivity contribution >= 4 is 12.0 Å². The molecule has 2 aromatic rings. The standard InChI is InChI=1S/C22H25FN2O3/c1-3-24-21(26)17-6-11-19(14-17)25(2)22(27)28-20-12-7-16(8-13-20)15-4-9-18(23)10-5-15/h4-5,7-10,12-13,17,19H,3,6,11,14H2,1-2H3,(H,24,26)/t17-,19+/m0/s1. The molecule has 0 saturated heterocycles. The zero-order chi connectivity index (χ0) is 20.1. The van der Waals surface area contributed by atoms with Crippen LogP contribution in [0.3, 0.4) is 0 Å². The molecule has 2 aromatic carbocycles. The summed E-state index contributed by atoms with van der Waals surface area (Å²) < 4.78 is 18.5. The van der Waals surface area contributed by atoms with Gasteiger partial charge in [-0.25, -0.2) is 9.18 Å². The van der Waals surface area contributed by atoms with Gasteiger partial charge in [-0.15, -0.1) is 0 Å². The Kier molecular flexibility index (Phi) is 6.29. The molecule has 3 rings (SSSR count). The summed E-state index contributed by atoms with van der Waals surface area (Å²) in [6.45, 7) is 2.51. The molecule has 28 heavy (non-hydrogen) atoms. The van der Waals surface area contributed by atoms with Gasteiger partial charge >= 0.3 is 6.09 Å². The van der Waals surface area contributed by atoms with E-state index in [1.807, 2.05) is 19.1 Å². The zero-order valence-corrected chi connectivity index (χ0v) is 16.2. The van der Waals surface area contributed by atoms with Crippen molar-refractivity contribution in [1.29, 1.82) is 0 Å². The summed E-state index contributed by atoms with van der Waals surface area (Å²) in [6, 6.07) is 13.3. The quantitative estimate of drug-likeness (QED) is 0.839. The van der Waals surface area contributed by atoms with Crippen LogP contribution in [0.25, 0.3) is 11.1 Å². The Bertz CT molecular complexity index is 821. The Balaban J connectivity index is 1.57. The van der Waals surface area contributed by atoms with E-state index in [-0.39, 0.29) is 23.7 Å². The van der Waals surface area contributed by atoms with Gasteiger partial charge in [0, 0.05) is 25.6 Å². The molecule has 1 N–H and O–H groups in total. The van der Waals surface area contributed by atoms with Crippen LogP contribution >= 0.6 is 0 Å². The van der Waals surface area contributed by atoms with E-state index in [1.165, 1.54) is 12.1 Å². The Hall–Kier alpha value is -2.89. The highest BCUT2D eigenvalue weighted by atomic mass is 19.1. The largest absolute Gasteiger partial charge is 0.415 e. The number of ether oxygens (including phenoxy) is 1. The van der Waals surface area contributed by atoms with E-state index < -0.39 is 6.09 Å². The van der Waals surface area contributed by atoms with Crippen LogP contribution in [0.15, 0.2) is 48.5 Å². The van der Waals surface area contributed by atoms with E-state index in [0.717, 1.165) is 24.0 Å². The third-order valence-corrected chi connectivity index (χ3v) is 5.20. The van der Waals surface area contributed by atoms with E-state index in [4.69, 9.17) is 4.74 Å². The van der Waals surface area contributed by atoms with Crippen molar-refractivity contribution in [3.8, 4) is 16.9 Å². The molecule has 1 saturated carbocycles. The first-order valence-corrected chi connectivity index (χ1v) is 9.56. The average molecular weight is 384 g/mol. The van der Waals surface area contributed by atoms with E-state index in [0.29, 0.717) is 18.7 Å². The highest BCUT2D eigenvalue weighted by Crippen LogP contribution is 2.30. The van der Waals surface area contributed by atoms with Gasteiger partial charge in [-0.2, -0.15) is 0 Å². The van der Waals surface area contributed by atoms with Gasteiger partial charge in [0.15, 0.2) is 0 Å². The molecule has 1 aliphatic rings. The van der Waals surface area contributed by atoms with Crippen molar-refractivity contribution in [3.05, 3.63) is 54.3 Å². The highest BCUT2D eigenvalue weighted by Gasteiger charge is 2.34. The normalized spacial score (nSPS) is 18.5. The molecule has 0 heterocycles. The summed E-state index contributed by atoms with van der Waals surface area (Å²) in [7, 11) is 1.71. The molecule has 1 aliphatic carbocycles. The van der Waals surface area contributed by atoms with E-state index in [2.05, 4.69) is 5.32 Å². The van der Waals surface area contributed by atoms with E-state index >= 15 is 0 Å². The van der Waals surface area contributed by atoms with Crippen LogP contribution in [0, 0.1) is 11.7 Å². The number of halogens is 1. The van der Waals surface area contributed by atoms with Gasteiger partial charge in [0.25, 0.3) is 0 Å². The first-order chi connectivity index (χ1) is 13.5. The molecule has 1 fully saturated rings. The SMILES string of the molecule is CCNC(=O)[C@H]1CC[C@@H](N(C)C(=O)Oc2ccc(-c3ccc(F)cc3)cc2)C1. The number of hydrogen-bond donors (Lipinski definition) is 1. The number of nitrogens with zero attached hydrogens (tertiary/aromatic N) is 1. The first kappa shape index (κ1) is 19.9. The van der Waals surface area contributed by atoms with Crippen LogP contribution in [-0.4, -0.2) is 36.5 Å². The smallest absolute Gasteiger partial charge is 0.410 e. The number of amides is 2. The summed E-state index contributed by atoms with van der Waals surface area (Å²) in [5.74, 6) is 0.179. The molecule has 0 aliphatic heterocycles. The monoisotopic (exact) mass is 384 g/mol. The van der Waals surface area contributed by atoms with Crippen LogP contribution in [-0.2, 0) is 4.79 Å². The molecular weight excluding hydrogens is 359 g/mol. The molecule has 6 heteroatoms. The van der Waals surface area contributed by atoms with Gasteiger partial charge in [-0.05, 0) is 61.6 Å². The van der Waals surface area contributed by atoms with Crippen LogP contribution in [0.1, 0.15) is 26.2 Å². The maximum absolute atomic E-state index is 13.0. The second-order valence-electron chi connectivity index (χ2n) is 7.07. The fourth-order valence-electron chi connectivity index (χ4n) is 3.55. The highest BCUT2D eigenvalue weighted by molar-refractivity contribution is 5.79. The Labute approximate surface area is 164 Å². The van der Waals surface area contributed by atoms with Gasteiger partial charge in [0.1, 0.15) is 11.6 Å². The number of carbonyl (C=O) groups is 2. The van der Waals surface area contributed by atoms with Crippen LogP contribution in [0.5, 0.6) is 5.75 Å². The first-order valence-electron chi connectivity index (χ1n) is 9.56. The predicted molar refractivity (Wildman–Crippen MR) is 105 cm³/mol. The molecule has 0 spiro atoms. The third-order valence-electron chi connectivity index (χ3n) is 5.20. The van der Waals surface area contributed by atoms with Crippen LogP contribution in [0.2, 0.25) is 0 Å². The molecule has 148 valence electrons. The fraction of sp³-hybridized carbons (Fsp3) is 0.364. The molecule has 2 atom stereocenters. The van der Waals surface area contributed by atoms with Crippen molar-refractivity contribution in [1.82, 2.24) is 10.2 Å². The summed E-state index contributed by atoms with van der Waals surface area (Å²) in [4.78, 5) is 26.0. The van der Waals surface area contributed by atoms with Gasteiger partial charge in [-0.3, -0.25) is 4.79 Å². The van der Waals surface area contributed by atoms with Gasteiger partial charge in [0.05, 0.1) is 0 Å². The number of nitrogens with one attached hydrogen (secondary N) is 1. The lowest BCUT2D eigenvalue weighted by Crippen LogP contribution is -2.38. The maximum atomic E-state index is 13.0. The van der Waals surface area contributed by atoms with Crippen molar-refractivity contribution in [2.24, 2.45) is 5.92 Å².